The second-order valence-corrected chi connectivity index (χ2v) is 7.65. The molecular weight excluding hydrogens is 355 g/mol. The molecule has 0 bridgehead atoms. The molecule has 0 spiro atoms. The Morgan fingerprint density at radius 3 is 2.39 bits per heavy atom. The molecule has 0 aliphatic rings. The van der Waals surface area contributed by atoms with Crippen LogP contribution in [-0.4, -0.2) is 11.8 Å². The number of halogens is 2. The minimum Gasteiger partial charge on any atom is -0.326 e. The summed E-state index contributed by atoms with van der Waals surface area (Å²) in [5, 5.41) is 5.60. The van der Waals surface area contributed by atoms with E-state index in [2.05, 4.69) is 10.6 Å². The summed E-state index contributed by atoms with van der Waals surface area (Å²) in [5.41, 5.74) is 2.44. The van der Waals surface area contributed by atoms with Crippen molar-refractivity contribution in [3.8, 4) is 0 Å². The zero-order valence-corrected chi connectivity index (χ0v) is 15.2. The normalized spacial score (nSPS) is 10.7. The van der Waals surface area contributed by atoms with Crippen LogP contribution < -0.4 is 10.6 Å². The number of aryl methyl sites for hydroxylation is 1. The van der Waals surface area contributed by atoms with Crippen LogP contribution in [0.2, 0.25) is 8.67 Å². The van der Waals surface area contributed by atoms with E-state index in [1.54, 1.807) is 12.1 Å². The fourth-order valence-electron chi connectivity index (χ4n) is 1.81. The monoisotopic (exact) mass is 370 g/mol. The lowest BCUT2D eigenvalue weighted by molar-refractivity contribution is -0.118. The van der Waals surface area contributed by atoms with E-state index in [0.29, 0.717) is 25.6 Å². The molecule has 0 saturated heterocycles. The Labute approximate surface area is 148 Å². The van der Waals surface area contributed by atoms with Crippen LogP contribution in [0.1, 0.15) is 29.8 Å². The molecule has 2 amide bonds. The predicted molar refractivity (Wildman–Crippen MR) is 96.9 cm³/mol. The second-order valence-electron chi connectivity index (χ2n) is 5.37. The number of rotatable bonds is 4. The summed E-state index contributed by atoms with van der Waals surface area (Å²) in [5.74, 6) is -0.548. The van der Waals surface area contributed by atoms with Gasteiger partial charge in [0.05, 0.1) is 9.90 Å². The van der Waals surface area contributed by atoms with Crippen LogP contribution in [0.25, 0.3) is 0 Å². The SMILES string of the molecule is Cc1ccc(NC(=O)C(C)C)cc1NC(=O)c1cc(Cl)sc1Cl. The predicted octanol–water partition coefficient (Wildman–Crippen LogP) is 5.21. The molecular formula is C16H16Cl2N2O2S. The first-order valence-electron chi connectivity index (χ1n) is 6.95. The fourth-order valence-corrected chi connectivity index (χ4v) is 3.26. The van der Waals surface area contributed by atoms with Gasteiger partial charge in [0, 0.05) is 17.3 Å². The average Bonchev–Trinajstić information content (AvgIpc) is 2.81. The molecule has 4 nitrogen and oxygen atoms in total. The lowest BCUT2D eigenvalue weighted by Crippen LogP contribution is -2.18. The van der Waals surface area contributed by atoms with Crippen LogP contribution in [0, 0.1) is 12.8 Å². The van der Waals surface area contributed by atoms with Gasteiger partial charge in [-0.25, -0.2) is 0 Å². The Morgan fingerprint density at radius 1 is 1.13 bits per heavy atom. The lowest BCUT2D eigenvalue weighted by Gasteiger charge is -2.12. The van der Waals surface area contributed by atoms with Gasteiger partial charge in [0.2, 0.25) is 5.91 Å². The van der Waals surface area contributed by atoms with Crippen LogP contribution >= 0.6 is 34.5 Å². The minimum atomic E-state index is -0.339. The number of carbonyl (C=O) groups excluding carboxylic acids is 2. The van der Waals surface area contributed by atoms with E-state index in [0.717, 1.165) is 16.9 Å². The van der Waals surface area contributed by atoms with Crippen molar-refractivity contribution in [2.75, 3.05) is 10.6 Å². The highest BCUT2D eigenvalue weighted by Crippen LogP contribution is 2.32. The Morgan fingerprint density at radius 2 is 1.83 bits per heavy atom. The molecule has 23 heavy (non-hydrogen) atoms. The van der Waals surface area contributed by atoms with Gasteiger partial charge in [-0.1, -0.05) is 43.1 Å². The van der Waals surface area contributed by atoms with E-state index in [-0.39, 0.29) is 17.7 Å². The molecule has 2 aromatic rings. The molecule has 2 rings (SSSR count). The van der Waals surface area contributed by atoms with E-state index < -0.39 is 0 Å². The Balaban J connectivity index is 2.20. The lowest BCUT2D eigenvalue weighted by atomic mass is 10.1. The van der Waals surface area contributed by atoms with Crippen LogP contribution in [0.5, 0.6) is 0 Å². The molecule has 0 fully saturated rings. The van der Waals surface area contributed by atoms with E-state index in [1.165, 1.54) is 6.07 Å². The highest BCUT2D eigenvalue weighted by Gasteiger charge is 2.16. The molecule has 1 aromatic carbocycles. The van der Waals surface area contributed by atoms with E-state index in [1.807, 2.05) is 26.8 Å². The second kappa shape index (κ2) is 7.34. The maximum atomic E-state index is 12.3. The molecule has 0 aliphatic heterocycles. The molecule has 0 radical (unpaired) electrons. The van der Waals surface area contributed by atoms with Crippen molar-refractivity contribution >= 4 is 57.7 Å². The summed E-state index contributed by atoms with van der Waals surface area (Å²) in [4.78, 5) is 24.1. The molecule has 2 N–H and O–H groups in total. The van der Waals surface area contributed by atoms with Crippen LogP contribution in [0.3, 0.4) is 0 Å². The van der Waals surface area contributed by atoms with Gasteiger partial charge < -0.3 is 10.6 Å². The van der Waals surface area contributed by atoms with Gasteiger partial charge in [-0.2, -0.15) is 0 Å². The third-order valence-electron chi connectivity index (χ3n) is 3.18. The van der Waals surface area contributed by atoms with Crippen molar-refractivity contribution in [2.24, 2.45) is 5.92 Å². The maximum Gasteiger partial charge on any atom is 0.258 e. The Hall–Kier alpha value is -1.56. The van der Waals surface area contributed by atoms with Crippen molar-refractivity contribution in [2.45, 2.75) is 20.8 Å². The van der Waals surface area contributed by atoms with Gasteiger partial charge >= 0.3 is 0 Å². The minimum absolute atomic E-state index is 0.0845. The van der Waals surface area contributed by atoms with Crippen molar-refractivity contribution in [1.82, 2.24) is 0 Å². The third kappa shape index (κ3) is 4.47. The van der Waals surface area contributed by atoms with Crippen molar-refractivity contribution in [3.05, 3.63) is 44.1 Å². The highest BCUT2D eigenvalue weighted by atomic mass is 35.5. The van der Waals surface area contributed by atoms with Crippen LogP contribution in [0.4, 0.5) is 11.4 Å². The number of hydrogen-bond donors (Lipinski definition) is 2. The number of anilines is 2. The van der Waals surface area contributed by atoms with Crippen molar-refractivity contribution in [1.29, 1.82) is 0 Å². The molecule has 1 aromatic heterocycles. The quantitative estimate of drug-likeness (QED) is 0.775. The van der Waals surface area contributed by atoms with Gasteiger partial charge in [0.25, 0.3) is 5.91 Å². The standard InChI is InChI=1S/C16H16Cl2N2O2S/c1-8(2)15(21)19-10-5-4-9(3)12(6-10)20-16(22)11-7-13(17)23-14(11)18/h4-8H,1-3H3,(H,19,21)(H,20,22). The third-order valence-corrected chi connectivity index (χ3v) is 4.67. The van der Waals surface area contributed by atoms with Gasteiger partial charge in [0.1, 0.15) is 4.34 Å². The molecule has 0 unspecified atom stereocenters. The molecule has 0 aliphatic carbocycles. The number of hydrogen-bond acceptors (Lipinski definition) is 3. The Kier molecular flexibility index (Phi) is 5.68. The zero-order chi connectivity index (χ0) is 17.1. The van der Waals surface area contributed by atoms with Gasteiger partial charge in [0.15, 0.2) is 0 Å². The maximum absolute atomic E-state index is 12.3. The number of amides is 2. The smallest absolute Gasteiger partial charge is 0.258 e. The molecule has 7 heteroatoms. The van der Waals surface area contributed by atoms with E-state index >= 15 is 0 Å². The van der Waals surface area contributed by atoms with E-state index in [4.69, 9.17) is 23.2 Å². The van der Waals surface area contributed by atoms with Gasteiger partial charge in [-0.15, -0.1) is 11.3 Å². The van der Waals surface area contributed by atoms with E-state index in [9.17, 15) is 9.59 Å². The number of thiophene rings is 1. The zero-order valence-electron chi connectivity index (χ0n) is 12.9. The summed E-state index contributed by atoms with van der Waals surface area (Å²) in [6.45, 7) is 5.49. The molecule has 0 atom stereocenters. The molecule has 1 heterocycles. The largest absolute Gasteiger partial charge is 0.326 e. The molecule has 0 saturated carbocycles. The number of carbonyl (C=O) groups is 2. The van der Waals surface area contributed by atoms with Gasteiger partial charge in [-0.3, -0.25) is 9.59 Å². The van der Waals surface area contributed by atoms with Crippen LogP contribution in [0.15, 0.2) is 24.3 Å². The number of nitrogens with one attached hydrogen (secondary N) is 2. The summed E-state index contributed by atoms with van der Waals surface area (Å²) < 4.78 is 0.796. The summed E-state index contributed by atoms with van der Waals surface area (Å²) in [6.07, 6.45) is 0. The molecule has 122 valence electrons. The number of benzene rings is 1. The summed E-state index contributed by atoms with van der Waals surface area (Å²) >= 11 is 13.0. The topological polar surface area (TPSA) is 58.2 Å². The summed E-state index contributed by atoms with van der Waals surface area (Å²) in [6, 6.07) is 6.87. The Bertz CT molecular complexity index is 757. The first kappa shape index (κ1) is 17.8. The van der Waals surface area contributed by atoms with Gasteiger partial charge in [-0.05, 0) is 30.7 Å². The fraction of sp³-hybridized carbons (Fsp3) is 0.250. The average molecular weight is 371 g/mol. The van der Waals surface area contributed by atoms with Crippen LogP contribution in [-0.2, 0) is 4.79 Å². The van der Waals surface area contributed by atoms with Crippen molar-refractivity contribution < 1.29 is 9.59 Å². The van der Waals surface area contributed by atoms with Crippen molar-refractivity contribution in [3.63, 3.8) is 0 Å². The first-order valence-corrected chi connectivity index (χ1v) is 8.53. The summed E-state index contributed by atoms with van der Waals surface area (Å²) in [7, 11) is 0. The first-order chi connectivity index (χ1) is 10.8. The highest BCUT2D eigenvalue weighted by molar-refractivity contribution is 7.20.